The fraction of sp³-hybridized carbons (Fsp3) is 0.0833. The van der Waals surface area contributed by atoms with Crippen LogP contribution < -0.4 is 0 Å². The lowest BCUT2D eigenvalue weighted by Crippen LogP contribution is -2.04. The van der Waals surface area contributed by atoms with Crippen molar-refractivity contribution >= 4 is 23.2 Å². The predicted molar refractivity (Wildman–Crippen MR) is 71.7 cm³/mol. The van der Waals surface area contributed by atoms with Crippen molar-refractivity contribution in [2.45, 2.75) is 6.54 Å². The van der Waals surface area contributed by atoms with Crippen molar-refractivity contribution in [1.82, 2.24) is 24.3 Å². The SMILES string of the molecule is Clc1ccc2c(c1)-c1ncnn1Cc1c(Cl)ncn1-2. The summed E-state index contributed by atoms with van der Waals surface area (Å²) in [4.78, 5) is 8.46. The van der Waals surface area contributed by atoms with Crippen molar-refractivity contribution in [2.75, 3.05) is 0 Å². The topological polar surface area (TPSA) is 48.5 Å². The zero-order valence-corrected chi connectivity index (χ0v) is 11.1. The molecule has 1 aliphatic heterocycles. The summed E-state index contributed by atoms with van der Waals surface area (Å²) >= 11 is 12.2. The summed E-state index contributed by atoms with van der Waals surface area (Å²) in [5, 5.41) is 5.36. The van der Waals surface area contributed by atoms with Crippen LogP contribution in [0.3, 0.4) is 0 Å². The fourth-order valence-corrected chi connectivity index (χ4v) is 2.70. The minimum Gasteiger partial charge on any atom is -0.299 e. The van der Waals surface area contributed by atoms with Crippen molar-refractivity contribution in [3.8, 4) is 17.1 Å². The molecule has 7 heteroatoms. The van der Waals surface area contributed by atoms with Gasteiger partial charge in [-0.3, -0.25) is 4.57 Å². The summed E-state index contributed by atoms with van der Waals surface area (Å²) in [6.45, 7) is 0.528. The van der Waals surface area contributed by atoms with Crippen LogP contribution in [0.5, 0.6) is 0 Å². The Hall–Kier alpha value is -1.85. The van der Waals surface area contributed by atoms with Gasteiger partial charge >= 0.3 is 0 Å². The van der Waals surface area contributed by atoms with Crippen LogP contribution >= 0.6 is 23.2 Å². The van der Waals surface area contributed by atoms with Gasteiger partial charge in [0.05, 0.1) is 17.9 Å². The molecule has 5 nitrogen and oxygen atoms in total. The van der Waals surface area contributed by atoms with Gasteiger partial charge in [-0.1, -0.05) is 23.2 Å². The smallest absolute Gasteiger partial charge is 0.160 e. The number of hydrogen-bond acceptors (Lipinski definition) is 3. The highest BCUT2D eigenvalue weighted by molar-refractivity contribution is 6.31. The molecule has 0 spiro atoms. The second-order valence-corrected chi connectivity index (χ2v) is 5.05. The Labute approximate surface area is 118 Å². The zero-order valence-electron chi connectivity index (χ0n) is 9.59. The monoisotopic (exact) mass is 291 g/mol. The summed E-state index contributed by atoms with van der Waals surface area (Å²) < 4.78 is 3.74. The molecule has 3 aromatic rings. The van der Waals surface area contributed by atoms with Gasteiger partial charge in [0.15, 0.2) is 11.0 Å². The molecule has 0 saturated carbocycles. The molecule has 0 atom stereocenters. The summed E-state index contributed by atoms with van der Waals surface area (Å²) in [6.07, 6.45) is 3.23. The summed E-state index contributed by atoms with van der Waals surface area (Å²) in [5.41, 5.74) is 2.75. The average molecular weight is 292 g/mol. The van der Waals surface area contributed by atoms with Crippen LogP contribution in [0.1, 0.15) is 5.69 Å². The van der Waals surface area contributed by atoms with Crippen LogP contribution in [0.25, 0.3) is 17.1 Å². The third-order valence-electron chi connectivity index (χ3n) is 3.19. The van der Waals surface area contributed by atoms with Gasteiger partial charge in [0, 0.05) is 10.6 Å². The lowest BCUT2D eigenvalue weighted by molar-refractivity contribution is 0.677. The van der Waals surface area contributed by atoms with Gasteiger partial charge in [-0.05, 0) is 18.2 Å². The van der Waals surface area contributed by atoms with Gasteiger partial charge in [-0.25, -0.2) is 14.6 Å². The lowest BCUT2D eigenvalue weighted by Gasteiger charge is -2.08. The van der Waals surface area contributed by atoms with E-state index < -0.39 is 0 Å². The molecule has 0 radical (unpaired) electrons. The highest BCUT2D eigenvalue weighted by atomic mass is 35.5. The van der Waals surface area contributed by atoms with Gasteiger partial charge in [0.1, 0.15) is 12.7 Å². The first-order valence-electron chi connectivity index (χ1n) is 5.64. The Bertz CT molecular complexity index is 789. The molecule has 19 heavy (non-hydrogen) atoms. The Morgan fingerprint density at radius 2 is 2.05 bits per heavy atom. The maximum absolute atomic E-state index is 6.14. The fourth-order valence-electron chi connectivity index (χ4n) is 2.33. The molecule has 0 aliphatic carbocycles. The molecule has 1 aromatic carbocycles. The quantitative estimate of drug-likeness (QED) is 0.500. The average Bonchev–Trinajstić information content (AvgIpc) is 2.96. The molecule has 0 fully saturated rings. The van der Waals surface area contributed by atoms with Crippen LogP contribution in [0.2, 0.25) is 10.2 Å². The molecule has 0 amide bonds. The molecule has 4 rings (SSSR count). The standard InChI is InChI=1S/C12H7Cl2N5/c13-7-1-2-9-8(3-7)12-15-5-17-19(12)4-10-11(14)16-6-18(9)10/h1-3,5-6H,4H2. The zero-order chi connectivity index (χ0) is 13.0. The highest BCUT2D eigenvalue weighted by Crippen LogP contribution is 2.33. The first-order valence-corrected chi connectivity index (χ1v) is 6.39. The molecule has 1 aliphatic rings. The molecular weight excluding hydrogens is 285 g/mol. The maximum Gasteiger partial charge on any atom is 0.160 e. The van der Waals surface area contributed by atoms with E-state index in [1.807, 2.05) is 22.8 Å². The summed E-state index contributed by atoms with van der Waals surface area (Å²) in [6, 6.07) is 5.65. The number of hydrogen-bond donors (Lipinski definition) is 0. The number of fused-ring (bicyclic) bond motifs is 5. The molecule has 94 valence electrons. The van der Waals surface area contributed by atoms with E-state index >= 15 is 0 Å². The van der Waals surface area contributed by atoms with Crippen LogP contribution in [0, 0.1) is 0 Å². The second-order valence-electron chi connectivity index (χ2n) is 4.25. The number of benzene rings is 1. The summed E-state index contributed by atoms with van der Waals surface area (Å²) in [7, 11) is 0. The van der Waals surface area contributed by atoms with Crippen molar-refractivity contribution in [3.63, 3.8) is 0 Å². The molecule has 3 heterocycles. The molecule has 0 bridgehead atoms. The van der Waals surface area contributed by atoms with E-state index in [-0.39, 0.29) is 0 Å². The maximum atomic E-state index is 6.14. The van der Waals surface area contributed by atoms with Crippen LogP contribution in [-0.4, -0.2) is 24.3 Å². The number of halogens is 2. The van der Waals surface area contributed by atoms with Gasteiger partial charge in [-0.15, -0.1) is 0 Å². The minimum atomic E-state index is 0.476. The van der Waals surface area contributed by atoms with E-state index in [9.17, 15) is 0 Å². The second kappa shape index (κ2) is 3.82. The number of nitrogens with zero attached hydrogens (tertiary/aromatic N) is 5. The Kier molecular flexibility index (Phi) is 2.22. The van der Waals surface area contributed by atoms with E-state index in [1.54, 1.807) is 11.0 Å². The van der Waals surface area contributed by atoms with Crippen LogP contribution in [-0.2, 0) is 6.54 Å². The molecular formula is C12H7Cl2N5. The number of imidazole rings is 1. The van der Waals surface area contributed by atoms with Crippen molar-refractivity contribution in [3.05, 3.63) is 46.7 Å². The lowest BCUT2D eigenvalue weighted by atomic mass is 10.1. The third-order valence-corrected chi connectivity index (χ3v) is 3.74. The largest absolute Gasteiger partial charge is 0.299 e. The van der Waals surface area contributed by atoms with Gasteiger partial charge < -0.3 is 0 Å². The Balaban J connectivity index is 2.13. The van der Waals surface area contributed by atoms with Gasteiger partial charge in [0.25, 0.3) is 0 Å². The first kappa shape index (κ1) is 11.0. The number of rotatable bonds is 0. The minimum absolute atomic E-state index is 0.476. The van der Waals surface area contributed by atoms with Crippen molar-refractivity contribution in [1.29, 1.82) is 0 Å². The van der Waals surface area contributed by atoms with Crippen LogP contribution in [0.4, 0.5) is 0 Å². The Morgan fingerprint density at radius 3 is 2.95 bits per heavy atom. The van der Waals surface area contributed by atoms with Crippen molar-refractivity contribution in [2.24, 2.45) is 0 Å². The van der Waals surface area contributed by atoms with E-state index in [0.29, 0.717) is 16.7 Å². The Morgan fingerprint density at radius 1 is 1.16 bits per heavy atom. The third kappa shape index (κ3) is 1.52. The number of aromatic nitrogens is 5. The van der Waals surface area contributed by atoms with Crippen molar-refractivity contribution < 1.29 is 0 Å². The van der Waals surface area contributed by atoms with E-state index in [0.717, 1.165) is 22.8 Å². The summed E-state index contributed by atoms with van der Waals surface area (Å²) in [5.74, 6) is 0.775. The van der Waals surface area contributed by atoms with Gasteiger partial charge in [-0.2, -0.15) is 5.10 Å². The molecule has 0 saturated heterocycles. The molecule has 0 N–H and O–H groups in total. The first-order chi connectivity index (χ1) is 9.24. The normalized spacial score (nSPS) is 12.5. The van der Waals surface area contributed by atoms with E-state index in [2.05, 4.69) is 15.1 Å². The van der Waals surface area contributed by atoms with Crippen LogP contribution in [0.15, 0.2) is 30.9 Å². The molecule has 0 unspecified atom stereocenters. The van der Waals surface area contributed by atoms with Gasteiger partial charge in [0.2, 0.25) is 0 Å². The predicted octanol–water partition coefficient (Wildman–Crippen LogP) is 2.80. The van der Waals surface area contributed by atoms with E-state index in [1.165, 1.54) is 6.33 Å². The van der Waals surface area contributed by atoms with E-state index in [4.69, 9.17) is 23.2 Å². The molecule has 2 aromatic heterocycles. The highest BCUT2D eigenvalue weighted by Gasteiger charge is 2.22.